The molecule has 2 aromatic rings. The van der Waals surface area contributed by atoms with E-state index in [-0.39, 0.29) is 0 Å². The fourth-order valence-electron chi connectivity index (χ4n) is 2.15. The largest absolute Gasteiger partial charge is 0.380 e. The standard InChI is InChI=1S/C18H18O/c1-4-14(2)18(3,19)17-13-9-8-12-16(17)15-10-6-5-7-11-15/h5-13,19H,1H2,2-3H3. The molecule has 0 aliphatic heterocycles. The Morgan fingerprint density at radius 2 is 1.63 bits per heavy atom. The normalized spacial score (nSPS) is 13.4. The molecule has 0 saturated heterocycles. The van der Waals surface area contributed by atoms with Crippen molar-refractivity contribution in [3.05, 3.63) is 78.0 Å². The Labute approximate surface area is 114 Å². The van der Waals surface area contributed by atoms with Gasteiger partial charge in [-0.3, -0.25) is 0 Å². The summed E-state index contributed by atoms with van der Waals surface area (Å²) in [7, 11) is 0. The van der Waals surface area contributed by atoms with Crippen molar-refractivity contribution in [2.45, 2.75) is 19.4 Å². The predicted octanol–water partition coefficient (Wildman–Crippen LogP) is 4.29. The third kappa shape index (κ3) is 2.53. The van der Waals surface area contributed by atoms with E-state index in [1.54, 1.807) is 6.92 Å². The molecule has 19 heavy (non-hydrogen) atoms. The lowest BCUT2D eigenvalue weighted by Crippen LogP contribution is -2.23. The van der Waals surface area contributed by atoms with Gasteiger partial charge in [0.05, 0.1) is 0 Å². The van der Waals surface area contributed by atoms with E-state index in [4.69, 9.17) is 0 Å². The fourth-order valence-corrected chi connectivity index (χ4v) is 2.15. The summed E-state index contributed by atoms with van der Waals surface area (Å²) < 4.78 is 0. The fraction of sp³-hybridized carbons (Fsp3) is 0.167. The lowest BCUT2D eigenvalue weighted by Gasteiger charge is -2.26. The lowest BCUT2D eigenvalue weighted by molar-refractivity contribution is 0.0984. The van der Waals surface area contributed by atoms with Crippen LogP contribution in [0, 0.1) is 0 Å². The highest BCUT2D eigenvalue weighted by Crippen LogP contribution is 2.35. The summed E-state index contributed by atoms with van der Waals surface area (Å²) in [4.78, 5) is 0. The van der Waals surface area contributed by atoms with Crippen LogP contribution in [0.4, 0.5) is 0 Å². The highest BCUT2D eigenvalue weighted by Gasteiger charge is 2.27. The summed E-state index contributed by atoms with van der Waals surface area (Å²) in [6, 6.07) is 18.0. The molecule has 0 heterocycles. The third-order valence-corrected chi connectivity index (χ3v) is 3.53. The second-order valence-corrected chi connectivity index (χ2v) is 4.79. The van der Waals surface area contributed by atoms with Gasteiger partial charge in [-0.25, -0.2) is 0 Å². The first kappa shape index (κ1) is 13.4. The van der Waals surface area contributed by atoms with E-state index in [1.165, 1.54) is 0 Å². The number of aliphatic hydroxyl groups is 1. The van der Waals surface area contributed by atoms with Crippen molar-refractivity contribution in [1.29, 1.82) is 0 Å². The zero-order chi connectivity index (χ0) is 13.9. The highest BCUT2D eigenvalue weighted by atomic mass is 16.3. The molecule has 0 aliphatic carbocycles. The molecule has 0 aromatic heterocycles. The van der Waals surface area contributed by atoms with E-state index in [1.807, 2.05) is 61.5 Å². The van der Waals surface area contributed by atoms with E-state index >= 15 is 0 Å². The van der Waals surface area contributed by atoms with Crippen LogP contribution in [-0.2, 0) is 5.60 Å². The van der Waals surface area contributed by atoms with Crippen molar-refractivity contribution >= 4 is 0 Å². The van der Waals surface area contributed by atoms with Crippen molar-refractivity contribution in [2.75, 3.05) is 0 Å². The van der Waals surface area contributed by atoms with Gasteiger partial charge in [-0.2, -0.15) is 0 Å². The third-order valence-electron chi connectivity index (χ3n) is 3.53. The molecule has 2 aromatic carbocycles. The van der Waals surface area contributed by atoms with E-state index in [0.29, 0.717) is 0 Å². The number of rotatable bonds is 3. The van der Waals surface area contributed by atoms with Crippen molar-refractivity contribution < 1.29 is 5.11 Å². The minimum atomic E-state index is -1.06. The first-order valence-electron chi connectivity index (χ1n) is 6.32. The molecule has 0 aliphatic rings. The molecule has 0 spiro atoms. The lowest BCUT2D eigenvalue weighted by atomic mass is 9.84. The van der Waals surface area contributed by atoms with Gasteiger partial charge in [-0.15, -0.1) is 5.73 Å². The Morgan fingerprint density at radius 1 is 1.05 bits per heavy atom. The monoisotopic (exact) mass is 250 g/mol. The van der Waals surface area contributed by atoms with E-state index < -0.39 is 5.60 Å². The van der Waals surface area contributed by atoms with E-state index in [0.717, 1.165) is 22.3 Å². The molecule has 0 saturated carbocycles. The van der Waals surface area contributed by atoms with Crippen molar-refractivity contribution in [3.8, 4) is 11.1 Å². The van der Waals surface area contributed by atoms with Crippen LogP contribution >= 0.6 is 0 Å². The average molecular weight is 250 g/mol. The minimum Gasteiger partial charge on any atom is -0.380 e. The summed E-state index contributed by atoms with van der Waals surface area (Å²) >= 11 is 0. The Morgan fingerprint density at radius 3 is 2.26 bits per heavy atom. The van der Waals surface area contributed by atoms with Gasteiger partial charge in [0.2, 0.25) is 0 Å². The maximum atomic E-state index is 10.8. The Bertz CT molecular complexity index is 617. The summed E-state index contributed by atoms with van der Waals surface area (Å²) in [5, 5.41) is 10.8. The van der Waals surface area contributed by atoms with Crippen LogP contribution in [0.1, 0.15) is 19.4 Å². The van der Waals surface area contributed by atoms with Crippen LogP contribution in [0.5, 0.6) is 0 Å². The summed E-state index contributed by atoms with van der Waals surface area (Å²) in [6.45, 7) is 7.25. The number of benzene rings is 2. The molecule has 0 fully saturated rings. The predicted molar refractivity (Wildman–Crippen MR) is 79.8 cm³/mol. The quantitative estimate of drug-likeness (QED) is 0.806. The van der Waals surface area contributed by atoms with Crippen molar-refractivity contribution in [3.63, 3.8) is 0 Å². The van der Waals surface area contributed by atoms with Crippen molar-refractivity contribution in [2.24, 2.45) is 0 Å². The molecule has 1 N–H and O–H groups in total. The van der Waals surface area contributed by atoms with Crippen LogP contribution in [-0.4, -0.2) is 5.11 Å². The molecule has 96 valence electrons. The average Bonchev–Trinajstić information content (AvgIpc) is 2.47. The van der Waals surface area contributed by atoms with E-state index in [9.17, 15) is 5.11 Å². The van der Waals surface area contributed by atoms with Crippen molar-refractivity contribution in [1.82, 2.24) is 0 Å². The SMILES string of the molecule is C=C=C(C)C(C)(O)c1ccccc1-c1ccccc1. The molecule has 0 amide bonds. The zero-order valence-electron chi connectivity index (χ0n) is 11.4. The van der Waals surface area contributed by atoms with Gasteiger partial charge < -0.3 is 5.11 Å². The van der Waals surface area contributed by atoms with Gasteiger partial charge in [0.1, 0.15) is 5.60 Å². The molecular formula is C18H18O. The zero-order valence-corrected chi connectivity index (χ0v) is 11.4. The molecule has 1 nitrogen and oxygen atoms in total. The Kier molecular flexibility index (Phi) is 3.71. The molecular weight excluding hydrogens is 232 g/mol. The highest BCUT2D eigenvalue weighted by molar-refractivity contribution is 5.69. The van der Waals surface area contributed by atoms with Gasteiger partial charge in [-0.05, 0) is 30.5 Å². The minimum absolute atomic E-state index is 0.718. The van der Waals surface area contributed by atoms with Gasteiger partial charge in [-0.1, -0.05) is 61.2 Å². The second-order valence-electron chi connectivity index (χ2n) is 4.79. The van der Waals surface area contributed by atoms with Crippen LogP contribution in [0.3, 0.4) is 0 Å². The summed E-state index contributed by atoms with van der Waals surface area (Å²) in [6.07, 6.45) is 0. The molecule has 1 heteroatoms. The maximum absolute atomic E-state index is 10.8. The maximum Gasteiger partial charge on any atom is 0.115 e. The smallest absolute Gasteiger partial charge is 0.115 e. The Balaban J connectivity index is 2.64. The topological polar surface area (TPSA) is 20.2 Å². The van der Waals surface area contributed by atoms with Crippen LogP contribution in [0.2, 0.25) is 0 Å². The van der Waals surface area contributed by atoms with E-state index in [2.05, 4.69) is 12.3 Å². The van der Waals surface area contributed by atoms with Crippen LogP contribution in [0.15, 0.2) is 72.5 Å². The van der Waals surface area contributed by atoms with Gasteiger partial charge in [0.15, 0.2) is 0 Å². The molecule has 1 unspecified atom stereocenters. The van der Waals surface area contributed by atoms with Gasteiger partial charge in [0, 0.05) is 5.57 Å². The Hall–Kier alpha value is -2.08. The molecule has 0 bridgehead atoms. The molecule has 0 radical (unpaired) electrons. The van der Waals surface area contributed by atoms with Crippen LogP contribution < -0.4 is 0 Å². The van der Waals surface area contributed by atoms with Gasteiger partial charge in [0.25, 0.3) is 0 Å². The molecule has 2 rings (SSSR count). The molecule has 1 atom stereocenters. The number of hydrogen-bond donors (Lipinski definition) is 1. The van der Waals surface area contributed by atoms with Crippen LogP contribution in [0.25, 0.3) is 11.1 Å². The number of hydrogen-bond acceptors (Lipinski definition) is 1. The summed E-state index contributed by atoms with van der Waals surface area (Å²) in [5.41, 5.74) is 5.45. The summed E-state index contributed by atoms with van der Waals surface area (Å²) in [5.74, 6) is 0. The first-order chi connectivity index (χ1) is 9.07. The second kappa shape index (κ2) is 5.27. The van der Waals surface area contributed by atoms with Gasteiger partial charge >= 0.3 is 0 Å². The first-order valence-corrected chi connectivity index (χ1v) is 6.32.